The van der Waals surface area contributed by atoms with E-state index in [1.165, 1.54) is 24.3 Å². The maximum atomic E-state index is 12.7. The normalized spacial score (nSPS) is 11.0. The Morgan fingerprint density at radius 1 is 1.06 bits per heavy atom. The quantitative estimate of drug-likeness (QED) is 0.315. The van der Waals surface area contributed by atoms with Gasteiger partial charge in [-0.15, -0.1) is 0 Å². The number of H-pyrrole nitrogens is 1. The Kier molecular flexibility index (Phi) is 5.82. The van der Waals surface area contributed by atoms with Crippen LogP contribution in [0, 0.1) is 6.92 Å². The number of nitrogens with two attached hydrogens (primary N) is 1. The van der Waals surface area contributed by atoms with E-state index in [-0.39, 0.29) is 32.7 Å². The molecule has 32 heavy (non-hydrogen) atoms. The monoisotopic (exact) mass is 467 g/mol. The molecule has 1 aromatic heterocycles. The second kappa shape index (κ2) is 8.57. The van der Waals surface area contributed by atoms with Crippen molar-refractivity contribution < 1.29 is 9.90 Å². The number of nitrogen functional groups attached to an aromatic ring is 1. The highest BCUT2D eigenvalue weighted by Crippen LogP contribution is 2.35. The molecule has 0 spiro atoms. The number of nitrogens with one attached hydrogen (secondary N) is 2. The summed E-state index contributed by atoms with van der Waals surface area (Å²) in [4.78, 5) is 28.4. The Labute approximate surface area is 193 Å². The topological polar surface area (TPSA) is 108 Å². The van der Waals surface area contributed by atoms with Crippen LogP contribution in [0.2, 0.25) is 10.0 Å². The van der Waals surface area contributed by atoms with Crippen molar-refractivity contribution in [2.24, 2.45) is 0 Å². The van der Waals surface area contributed by atoms with E-state index in [2.05, 4.69) is 10.3 Å². The van der Waals surface area contributed by atoms with E-state index >= 15 is 0 Å². The first-order valence-electron chi connectivity index (χ1n) is 9.72. The highest BCUT2D eigenvalue weighted by molar-refractivity contribution is 6.39. The van der Waals surface area contributed by atoms with Crippen molar-refractivity contribution in [2.45, 2.75) is 13.5 Å². The molecule has 1 amide bonds. The molecule has 1 heterocycles. The summed E-state index contributed by atoms with van der Waals surface area (Å²) in [5.74, 6) is -0.771. The molecule has 0 aliphatic carbocycles. The zero-order valence-corrected chi connectivity index (χ0v) is 18.5. The number of hydrogen-bond acceptors (Lipinski definition) is 4. The maximum Gasteiger partial charge on any atom is 0.251 e. The van der Waals surface area contributed by atoms with Crippen molar-refractivity contribution in [3.05, 3.63) is 91.6 Å². The molecule has 4 aromatic rings. The molecule has 6 nitrogen and oxygen atoms in total. The second-order valence-corrected chi connectivity index (χ2v) is 8.27. The number of carbonyl (C=O) groups excluding carboxylic acids is 1. The van der Waals surface area contributed by atoms with Crippen LogP contribution in [-0.2, 0) is 6.54 Å². The van der Waals surface area contributed by atoms with Crippen molar-refractivity contribution in [3.63, 3.8) is 0 Å². The van der Waals surface area contributed by atoms with Crippen LogP contribution in [0.5, 0.6) is 5.75 Å². The summed E-state index contributed by atoms with van der Waals surface area (Å²) in [5, 5.41) is 14.0. The van der Waals surface area contributed by atoms with Crippen LogP contribution in [0.25, 0.3) is 22.2 Å². The van der Waals surface area contributed by atoms with Gasteiger partial charge in [0.2, 0.25) is 5.43 Å². The Morgan fingerprint density at radius 3 is 2.38 bits per heavy atom. The van der Waals surface area contributed by atoms with Crippen molar-refractivity contribution in [1.82, 2.24) is 10.3 Å². The molecule has 5 N–H and O–H groups in total. The van der Waals surface area contributed by atoms with E-state index < -0.39 is 11.2 Å². The van der Waals surface area contributed by atoms with Crippen LogP contribution in [0.1, 0.15) is 21.5 Å². The second-order valence-electron chi connectivity index (χ2n) is 7.46. The van der Waals surface area contributed by atoms with Crippen LogP contribution in [0.4, 0.5) is 5.69 Å². The lowest BCUT2D eigenvalue weighted by atomic mass is 10.1. The van der Waals surface area contributed by atoms with Gasteiger partial charge in [0.15, 0.2) is 5.75 Å². The largest absolute Gasteiger partial charge is 0.503 e. The zero-order chi connectivity index (χ0) is 23.0. The Morgan fingerprint density at radius 2 is 1.72 bits per heavy atom. The van der Waals surface area contributed by atoms with Gasteiger partial charge in [0.25, 0.3) is 5.91 Å². The van der Waals surface area contributed by atoms with Gasteiger partial charge in [-0.1, -0.05) is 53.0 Å². The summed E-state index contributed by atoms with van der Waals surface area (Å²) in [6, 6.07) is 15.5. The third kappa shape index (κ3) is 4.15. The van der Waals surface area contributed by atoms with Gasteiger partial charge in [-0.2, -0.15) is 0 Å². The van der Waals surface area contributed by atoms with Crippen LogP contribution in [0.15, 0.2) is 59.4 Å². The van der Waals surface area contributed by atoms with Gasteiger partial charge >= 0.3 is 0 Å². The number of amides is 1. The summed E-state index contributed by atoms with van der Waals surface area (Å²) < 4.78 is 0. The van der Waals surface area contributed by atoms with Gasteiger partial charge in [-0.05, 0) is 42.8 Å². The predicted octanol–water partition coefficient (Wildman–Crippen LogP) is 5.03. The molecular weight excluding hydrogens is 449 g/mol. The third-order valence-corrected chi connectivity index (χ3v) is 5.80. The fraction of sp³-hybridized carbons (Fsp3) is 0.0833. The average Bonchev–Trinajstić information content (AvgIpc) is 2.78. The van der Waals surface area contributed by atoms with Gasteiger partial charge in [-0.25, -0.2) is 0 Å². The number of aromatic nitrogens is 1. The third-order valence-electron chi connectivity index (χ3n) is 5.18. The van der Waals surface area contributed by atoms with Crippen molar-refractivity contribution in [3.8, 4) is 17.0 Å². The van der Waals surface area contributed by atoms with E-state index in [4.69, 9.17) is 28.9 Å². The first-order chi connectivity index (χ1) is 15.2. The van der Waals surface area contributed by atoms with E-state index in [0.717, 1.165) is 11.1 Å². The van der Waals surface area contributed by atoms with Gasteiger partial charge < -0.3 is 21.1 Å². The maximum absolute atomic E-state index is 12.7. The summed E-state index contributed by atoms with van der Waals surface area (Å²) >= 11 is 12.2. The lowest BCUT2D eigenvalue weighted by molar-refractivity contribution is 0.0951. The average molecular weight is 468 g/mol. The minimum absolute atomic E-state index is 0.128. The van der Waals surface area contributed by atoms with E-state index in [1.807, 2.05) is 31.2 Å². The SMILES string of the molecule is Cc1ccc(CNC(=O)c2ccc3c(=O)c(O)c(-c4cc(Cl)c(N)c(Cl)c4)[nH]c3c2)cc1. The number of aromatic amines is 1. The minimum atomic E-state index is -0.579. The molecule has 0 radical (unpaired) electrons. The standard InChI is InChI=1S/C24H19Cl2N3O3/c1-12-2-4-13(5-3-12)11-28-24(32)14-6-7-16-19(10-14)29-21(23(31)22(16)30)15-8-17(25)20(27)18(26)9-15/h2-10,31H,11,27H2,1H3,(H,28,32)(H,29,30). The van der Waals surface area contributed by atoms with Crippen LogP contribution >= 0.6 is 23.2 Å². The number of hydrogen-bond donors (Lipinski definition) is 4. The molecule has 0 aliphatic rings. The molecule has 0 fully saturated rings. The highest BCUT2D eigenvalue weighted by atomic mass is 35.5. The lowest BCUT2D eigenvalue weighted by Crippen LogP contribution is -2.22. The van der Waals surface area contributed by atoms with Gasteiger partial charge in [-0.3, -0.25) is 9.59 Å². The van der Waals surface area contributed by atoms with Crippen LogP contribution < -0.4 is 16.5 Å². The number of benzene rings is 3. The van der Waals surface area contributed by atoms with E-state index in [9.17, 15) is 14.7 Å². The number of pyridine rings is 1. The van der Waals surface area contributed by atoms with Crippen molar-refractivity contribution >= 4 is 45.7 Å². The molecule has 8 heteroatoms. The number of aromatic hydroxyl groups is 1. The van der Waals surface area contributed by atoms with Crippen LogP contribution in [-0.4, -0.2) is 16.0 Å². The summed E-state index contributed by atoms with van der Waals surface area (Å²) in [5.41, 5.74) is 8.78. The Bertz CT molecular complexity index is 1390. The smallest absolute Gasteiger partial charge is 0.251 e. The molecule has 4 rings (SSSR count). The molecule has 0 bridgehead atoms. The number of rotatable bonds is 4. The fourth-order valence-electron chi connectivity index (χ4n) is 3.35. The fourth-order valence-corrected chi connectivity index (χ4v) is 3.84. The summed E-state index contributed by atoms with van der Waals surface area (Å²) in [6.45, 7) is 2.37. The first-order valence-corrected chi connectivity index (χ1v) is 10.5. The van der Waals surface area contributed by atoms with Gasteiger partial charge in [0, 0.05) is 23.1 Å². The molecule has 3 aromatic carbocycles. The number of aryl methyl sites for hydroxylation is 1. The Hall–Kier alpha value is -3.48. The van der Waals surface area contributed by atoms with E-state index in [1.54, 1.807) is 6.07 Å². The summed E-state index contributed by atoms with van der Waals surface area (Å²) in [7, 11) is 0. The number of anilines is 1. The number of fused-ring (bicyclic) bond motifs is 1. The van der Waals surface area contributed by atoms with Crippen molar-refractivity contribution in [2.75, 3.05) is 5.73 Å². The molecule has 0 unspecified atom stereocenters. The number of halogens is 2. The molecule has 0 saturated heterocycles. The summed E-state index contributed by atoms with van der Waals surface area (Å²) in [6.07, 6.45) is 0. The molecule has 0 atom stereocenters. The molecule has 0 aliphatic heterocycles. The zero-order valence-electron chi connectivity index (χ0n) is 17.0. The molecule has 0 saturated carbocycles. The lowest BCUT2D eigenvalue weighted by Gasteiger charge is -2.11. The van der Waals surface area contributed by atoms with Crippen LogP contribution in [0.3, 0.4) is 0 Å². The first kappa shape index (κ1) is 21.7. The number of carbonyl (C=O) groups is 1. The van der Waals surface area contributed by atoms with Gasteiger partial charge in [0.1, 0.15) is 0 Å². The predicted molar refractivity (Wildman–Crippen MR) is 128 cm³/mol. The van der Waals surface area contributed by atoms with Crippen molar-refractivity contribution in [1.29, 1.82) is 0 Å². The molecular formula is C24H19Cl2N3O3. The Balaban J connectivity index is 1.70. The van der Waals surface area contributed by atoms with Gasteiger partial charge in [0.05, 0.1) is 26.9 Å². The van der Waals surface area contributed by atoms with E-state index in [0.29, 0.717) is 23.2 Å². The minimum Gasteiger partial charge on any atom is -0.503 e. The highest BCUT2D eigenvalue weighted by Gasteiger charge is 2.16. The molecule has 162 valence electrons.